The van der Waals surface area contributed by atoms with Crippen molar-refractivity contribution in [3.05, 3.63) is 83.9 Å². The maximum absolute atomic E-state index is 14.4. The zero-order valence-corrected chi connectivity index (χ0v) is 43.6. The zero-order valence-electron chi connectivity index (χ0n) is 43.6. The summed E-state index contributed by atoms with van der Waals surface area (Å²) >= 11 is 0. The van der Waals surface area contributed by atoms with E-state index in [0.717, 1.165) is 12.5 Å². The highest BCUT2D eigenvalue weighted by Crippen LogP contribution is 2.22. The monoisotopic (exact) mass is 1080 g/mol. The highest BCUT2D eigenvalue weighted by atomic mass is 16.4. The number of nitrogens with two attached hydrogens (primary N) is 2. The number of phenols is 1. The number of aliphatic hydroxyl groups is 2. The van der Waals surface area contributed by atoms with Crippen LogP contribution in [0.2, 0.25) is 0 Å². The van der Waals surface area contributed by atoms with Gasteiger partial charge in [0.1, 0.15) is 48.0 Å². The predicted octanol–water partition coefficient (Wildman–Crippen LogP) is -3.11. The van der Waals surface area contributed by atoms with Gasteiger partial charge in [-0.15, -0.1) is 0 Å². The molecule has 2 heterocycles. The van der Waals surface area contributed by atoms with Crippen molar-refractivity contribution >= 4 is 59.1 Å². The number of carbonyl (C=O) groups is 10. The number of aliphatic carboxylic acids is 1. The minimum absolute atomic E-state index is 0.0591. The fraction of sp³-hybridized carbons (Fsp3) is 0.510. The molecule has 1 aliphatic rings. The first-order valence-electron chi connectivity index (χ1n) is 25.2. The number of aromatic hydroxyl groups is 1. The molecule has 0 spiro atoms. The second-order valence-corrected chi connectivity index (χ2v) is 19.6. The lowest BCUT2D eigenvalue weighted by atomic mass is 10.00. The minimum atomic E-state index is -1.73. The molecule has 0 unspecified atom stereocenters. The molecule has 0 saturated carbocycles. The van der Waals surface area contributed by atoms with Gasteiger partial charge in [0.2, 0.25) is 53.2 Å². The average molecular weight is 1080 g/mol. The van der Waals surface area contributed by atoms with Crippen LogP contribution < -0.4 is 48.7 Å². The van der Waals surface area contributed by atoms with Gasteiger partial charge in [0.25, 0.3) is 0 Å². The van der Waals surface area contributed by atoms with Crippen molar-refractivity contribution in [2.45, 2.75) is 140 Å². The van der Waals surface area contributed by atoms with Gasteiger partial charge >= 0.3 is 5.97 Å². The Bertz CT molecular complexity index is 2510. The van der Waals surface area contributed by atoms with Crippen LogP contribution in [0.3, 0.4) is 0 Å². The third kappa shape index (κ3) is 18.7. The maximum Gasteiger partial charge on any atom is 0.328 e. The molecule has 16 N–H and O–H groups in total. The normalized spacial score (nSPS) is 16.8. The van der Waals surface area contributed by atoms with E-state index in [0.29, 0.717) is 17.7 Å². The molecule has 10 atom stereocenters. The van der Waals surface area contributed by atoms with E-state index in [2.05, 4.69) is 47.2 Å². The van der Waals surface area contributed by atoms with Crippen LogP contribution in [0.25, 0.3) is 0 Å². The molecule has 4 rings (SSSR count). The lowest BCUT2D eigenvalue weighted by Crippen LogP contribution is -2.62. The van der Waals surface area contributed by atoms with E-state index in [9.17, 15) is 68.4 Å². The molecule has 2 aromatic carbocycles. The molecular formula is C51H72N12O14. The fourth-order valence-electron chi connectivity index (χ4n) is 8.37. The minimum Gasteiger partial charge on any atom is -0.508 e. The summed E-state index contributed by atoms with van der Waals surface area (Å²) in [6.45, 7) is 6.65. The Balaban J connectivity index is 1.49. The molecular weight excluding hydrogens is 1000 g/mol. The number of carbonyl (C=O) groups excluding carboxylic acids is 9. The van der Waals surface area contributed by atoms with Gasteiger partial charge in [0, 0.05) is 37.7 Å². The van der Waals surface area contributed by atoms with Crippen LogP contribution in [-0.4, -0.2) is 168 Å². The first kappa shape index (κ1) is 61.6. The predicted molar refractivity (Wildman–Crippen MR) is 275 cm³/mol. The smallest absolute Gasteiger partial charge is 0.328 e. The van der Waals surface area contributed by atoms with Crippen LogP contribution in [0.5, 0.6) is 5.75 Å². The van der Waals surface area contributed by atoms with Crippen molar-refractivity contribution in [3.63, 3.8) is 0 Å². The fourth-order valence-corrected chi connectivity index (χ4v) is 8.37. The third-order valence-corrected chi connectivity index (χ3v) is 12.7. The van der Waals surface area contributed by atoms with Crippen molar-refractivity contribution in [1.82, 2.24) is 52.1 Å². The Kier molecular flexibility index (Phi) is 23.5. The largest absolute Gasteiger partial charge is 0.508 e. The number of hydrogen-bond acceptors (Lipinski definition) is 15. The van der Waals surface area contributed by atoms with Crippen molar-refractivity contribution in [1.29, 1.82) is 0 Å². The highest BCUT2D eigenvalue weighted by molar-refractivity contribution is 5.98. The molecule has 26 heteroatoms. The second-order valence-electron chi connectivity index (χ2n) is 19.6. The van der Waals surface area contributed by atoms with Gasteiger partial charge in [-0.05, 0) is 67.7 Å². The van der Waals surface area contributed by atoms with E-state index >= 15 is 0 Å². The summed E-state index contributed by atoms with van der Waals surface area (Å²) < 4.78 is 0. The van der Waals surface area contributed by atoms with Crippen molar-refractivity contribution in [3.8, 4) is 5.75 Å². The molecule has 1 fully saturated rings. The molecule has 1 saturated heterocycles. The maximum atomic E-state index is 14.4. The molecule has 26 nitrogen and oxygen atoms in total. The number of phenolic OH excluding ortho intramolecular Hbond substituents is 1. The number of hydrogen-bond donors (Lipinski definition) is 14. The molecule has 0 bridgehead atoms. The van der Waals surface area contributed by atoms with Gasteiger partial charge < -0.3 is 79.0 Å². The summed E-state index contributed by atoms with van der Waals surface area (Å²) in [7, 11) is 0. The number of aliphatic hydroxyl groups excluding tert-OH is 2. The quantitative estimate of drug-likeness (QED) is 0.0327. The van der Waals surface area contributed by atoms with Crippen LogP contribution in [-0.2, 0) is 67.2 Å². The van der Waals surface area contributed by atoms with Gasteiger partial charge in [-0.2, -0.15) is 0 Å². The number of amides is 9. The number of carboxylic acids is 1. The third-order valence-electron chi connectivity index (χ3n) is 12.7. The number of carboxylic acid groups (broad SMARTS) is 1. The molecule has 77 heavy (non-hydrogen) atoms. The molecule has 1 aromatic heterocycles. The number of nitrogens with one attached hydrogen (secondary N) is 8. The molecule has 420 valence electrons. The van der Waals surface area contributed by atoms with Crippen molar-refractivity contribution < 1.29 is 68.4 Å². The first-order valence-corrected chi connectivity index (χ1v) is 25.2. The van der Waals surface area contributed by atoms with E-state index in [4.69, 9.17) is 11.5 Å². The highest BCUT2D eigenvalue weighted by Gasteiger charge is 2.42. The summed E-state index contributed by atoms with van der Waals surface area (Å²) in [5.41, 5.74) is 13.1. The van der Waals surface area contributed by atoms with Crippen LogP contribution in [0.4, 0.5) is 0 Å². The molecule has 9 amide bonds. The van der Waals surface area contributed by atoms with Crippen molar-refractivity contribution in [2.24, 2.45) is 23.3 Å². The molecule has 0 radical (unpaired) electrons. The number of likely N-dealkylation sites (tertiary alicyclic amines) is 1. The lowest BCUT2D eigenvalue weighted by Gasteiger charge is -2.32. The molecule has 3 aromatic rings. The zero-order chi connectivity index (χ0) is 57.1. The van der Waals surface area contributed by atoms with E-state index in [1.54, 1.807) is 58.0 Å². The topological polar surface area (TPSA) is 420 Å². The van der Waals surface area contributed by atoms with Crippen LogP contribution in [0.1, 0.15) is 77.1 Å². The number of benzene rings is 2. The number of primary amides is 1. The first-order chi connectivity index (χ1) is 36.4. The van der Waals surface area contributed by atoms with Gasteiger partial charge in [-0.3, -0.25) is 43.2 Å². The van der Waals surface area contributed by atoms with Crippen LogP contribution >= 0.6 is 0 Å². The Labute approximate surface area is 444 Å². The SMILES string of the molecule is CC(C)[C@H](NC(=O)[C@H](CCC(N)=O)NC(=O)[C@@H](N)Cc1ccccc1)C(=O)N[C@@H](CO)C(=O)N[C@@H](Cc1cnc[nH]1)C(=O)N[C@H](C(=O)N1CCC[C@H]1C(=O)N[C@@H](Cc1ccc(O)cc1)C(=O)N[C@H](C(=O)O)[C@@H](C)O)C(C)C. The summed E-state index contributed by atoms with van der Waals surface area (Å²) in [6, 6.07) is 1.88. The second kappa shape index (κ2) is 29.4. The van der Waals surface area contributed by atoms with E-state index in [1.807, 2.05) is 0 Å². The Morgan fingerprint density at radius 3 is 1.78 bits per heavy atom. The number of aromatic nitrogens is 2. The number of aromatic amines is 1. The summed E-state index contributed by atoms with van der Waals surface area (Å²) in [4.78, 5) is 143. The summed E-state index contributed by atoms with van der Waals surface area (Å²) in [5, 5.41) is 57.4. The summed E-state index contributed by atoms with van der Waals surface area (Å²) in [6.07, 6.45) is 0.814. The van der Waals surface area contributed by atoms with Crippen LogP contribution in [0.15, 0.2) is 67.1 Å². The van der Waals surface area contributed by atoms with Crippen LogP contribution in [0, 0.1) is 11.8 Å². The Morgan fingerprint density at radius 1 is 0.675 bits per heavy atom. The van der Waals surface area contributed by atoms with E-state index < -0.39 is 138 Å². The van der Waals surface area contributed by atoms with E-state index in [1.165, 1.54) is 41.7 Å². The Hall–Kier alpha value is -7.97. The number of H-pyrrole nitrogens is 1. The van der Waals surface area contributed by atoms with Crippen molar-refractivity contribution in [2.75, 3.05) is 13.2 Å². The number of rotatable bonds is 29. The number of nitrogens with zero attached hydrogens (tertiary/aromatic N) is 2. The van der Waals surface area contributed by atoms with E-state index in [-0.39, 0.29) is 50.8 Å². The van der Waals surface area contributed by atoms with Gasteiger partial charge in [-0.1, -0.05) is 70.2 Å². The van der Waals surface area contributed by atoms with Gasteiger partial charge in [0.05, 0.1) is 25.1 Å². The Morgan fingerprint density at radius 2 is 1.22 bits per heavy atom. The molecule has 0 aliphatic carbocycles. The molecule has 1 aliphatic heterocycles. The number of imidazole rings is 1. The average Bonchev–Trinajstić information content (AvgIpc) is 4.10. The lowest BCUT2D eigenvalue weighted by molar-refractivity contribution is -0.146. The standard InChI is InChI=1S/C51H72N12O14/c1-26(2)40(60-44(69)34(17-18-39(53)67)56-43(68)33(52)20-29-10-7-6-8-11-29)49(74)59-37(24-64)47(72)57-36(22-31-23-54-25-55-31)46(71)61-41(27(3)4)50(75)63-19-9-12-38(63)48(73)58-35(21-30-13-15-32(66)16-14-30)45(70)62-42(28(5)65)51(76)77/h6-8,10-11,13-16,23,25-28,33-38,40-42,64-66H,9,12,17-22,24,52H2,1-5H3,(H2,53,67)(H,54,55)(H,56,68)(H,57,72)(H,58,73)(H,59,74)(H,60,69)(H,61,71)(H,62,70)(H,76,77)/t28-,33+,34+,35+,36+,37+,38+,40+,41+,42+/m1/s1. The van der Waals surface area contributed by atoms with Gasteiger partial charge in [0.15, 0.2) is 6.04 Å². The summed E-state index contributed by atoms with van der Waals surface area (Å²) in [5.74, 6) is -10.5. The van der Waals surface area contributed by atoms with Gasteiger partial charge in [-0.25, -0.2) is 9.78 Å².